The second kappa shape index (κ2) is 11.0. The maximum atomic E-state index is 12.9. The second-order valence-electron chi connectivity index (χ2n) is 7.93. The van der Waals surface area contributed by atoms with Gasteiger partial charge < -0.3 is 9.47 Å². The Morgan fingerprint density at radius 1 is 0.900 bits per heavy atom. The van der Waals surface area contributed by atoms with E-state index in [1.165, 1.54) is 38.5 Å². The monoisotopic (exact) mass is 436 g/mol. The third kappa shape index (κ3) is 7.43. The fraction of sp³-hybridized carbons (Fsp3) is 0.682. The van der Waals surface area contributed by atoms with E-state index < -0.39 is 24.0 Å². The Kier molecular flexibility index (Phi) is 8.92. The molecule has 0 aliphatic heterocycles. The molecule has 3 nitrogen and oxygen atoms in total. The van der Waals surface area contributed by atoms with Crippen molar-refractivity contribution in [3.8, 4) is 11.5 Å². The van der Waals surface area contributed by atoms with Gasteiger partial charge >= 0.3 is 18.3 Å². The maximum absolute atomic E-state index is 12.9. The predicted octanol–water partition coefficient (Wildman–Crippen LogP) is 7.29. The molecular formula is C22H29F5O3. The Morgan fingerprint density at radius 2 is 1.47 bits per heavy atom. The van der Waals surface area contributed by atoms with Crippen LogP contribution in [0.3, 0.4) is 0 Å². The number of ether oxygens (including phenoxy) is 2. The summed E-state index contributed by atoms with van der Waals surface area (Å²) in [5.74, 6) is -0.558. The van der Waals surface area contributed by atoms with Crippen LogP contribution >= 0.6 is 0 Å². The highest BCUT2D eigenvalue weighted by Crippen LogP contribution is 2.38. The number of carbonyl (C=O) groups excluding carboxylic acids is 1. The zero-order valence-electron chi connectivity index (χ0n) is 17.1. The van der Waals surface area contributed by atoms with Crippen LogP contribution in [-0.4, -0.2) is 18.3 Å². The zero-order chi connectivity index (χ0) is 22.2. The number of hydrogen-bond acceptors (Lipinski definition) is 3. The summed E-state index contributed by atoms with van der Waals surface area (Å²) in [6, 6.07) is 4.11. The molecule has 170 valence electrons. The summed E-state index contributed by atoms with van der Waals surface area (Å²) in [7, 11) is 0. The molecule has 1 fully saturated rings. The van der Waals surface area contributed by atoms with Gasteiger partial charge in [-0.3, -0.25) is 4.79 Å². The minimum atomic E-state index is -5.81. The van der Waals surface area contributed by atoms with Crippen molar-refractivity contribution in [1.82, 2.24) is 0 Å². The van der Waals surface area contributed by atoms with Gasteiger partial charge in [0.05, 0.1) is 5.92 Å². The Balaban J connectivity index is 1.75. The number of halogens is 5. The van der Waals surface area contributed by atoms with Crippen LogP contribution in [0.25, 0.3) is 0 Å². The molecule has 30 heavy (non-hydrogen) atoms. The average molecular weight is 436 g/mol. The molecule has 1 aromatic carbocycles. The first-order chi connectivity index (χ1) is 14.1. The molecule has 0 spiro atoms. The van der Waals surface area contributed by atoms with E-state index in [1.54, 1.807) is 0 Å². The number of alkyl halides is 5. The predicted molar refractivity (Wildman–Crippen MR) is 103 cm³/mol. The largest absolute Gasteiger partial charge is 0.499 e. The van der Waals surface area contributed by atoms with E-state index in [-0.39, 0.29) is 11.7 Å². The van der Waals surface area contributed by atoms with Crippen molar-refractivity contribution in [2.45, 2.75) is 83.4 Å². The number of carbonyl (C=O) groups is 1. The number of unbranched alkanes of at least 4 members (excludes halogenated alkanes) is 4. The zero-order valence-corrected chi connectivity index (χ0v) is 17.1. The first kappa shape index (κ1) is 24.4. The molecule has 0 bridgehead atoms. The van der Waals surface area contributed by atoms with Gasteiger partial charge in [0, 0.05) is 0 Å². The Morgan fingerprint density at radius 3 is 2.03 bits per heavy atom. The lowest BCUT2D eigenvalue weighted by Crippen LogP contribution is -2.41. The van der Waals surface area contributed by atoms with E-state index in [2.05, 4.69) is 11.7 Å². The third-order valence-electron chi connectivity index (χ3n) is 5.51. The molecule has 0 amide bonds. The molecule has 8 heteroatoms. The highest BCUT2D eigenvalue weighted by atomic mass is 19.4. The Hall–Kier alpha value is -1.86. The standard InChI is InChI=1S/C22H29F5O3/c1-2-3-4-5-6-7-16-8-10-17(11-9-16)20(28)29-18-12-14-19(15-13-18)30-22(26,27)21(23,24)25/h12-17H,2-11H2,1H3. The first-order valence-electron chi connectivity index (χ1n) is 10.6. The summed E-state index contributed by atoms with van der Waals surface area (Å²) < 4.78 is 71.3. The van der Waals surface area contributed by atoms with Crippen LogP contribution in [0.1, 0.15) is 71.1 Å². The highest BCUT2D eigenvalue weighted by Gasteiger charge is 2.61. The summed E-state index contributed by atoms with van der Waals surface area (Å²) in [5, 5.41) is 0. The Labute approximate surface area is 173 Å². The molecule has 0 N–H and O–H groups in total. The molecule has 1 aliphatic carbocycles. The van der Waals surface area contributed by atoms with Crippen molar-refractivity contribution >= 4 is 5.97 Å². The molecule has 1 aromatic rings. The molecule has 2 rings (SSSR count). The first-order valence-corrected chi connectivity index (χ1v) is 10.6. The van der Waals surface area contributed by atoms with Gasteiger partial charge in [0.15, 0.2) is 0 Å². The topological polar surface area (TPSA) is 35.5 Å². The minimum Gasteiger partial charge on any atom is -0.426 e. The Bertz CT molecular complexity index is 650. The minimum absolute atomic E-state index is 0.0840. The maximum Gasteiger partial charge on any atom is 0.499 e. The fourth-order valence-corrected chi connectivity index (χ4v) is 3.70. The van der Waals surface area contributed by atoms with Gasteiger partial charge in [-0.05, 0) is 55.9 Å². The lowest BCUT2D eigenvalue weighted by atomic mass is 9.80. The van der Waals surface area contributed by atoms with Gasteiger partial charge in [0.25, 0.3) is 0 Å². The number of hydrogen-bond donors (Lipinski definition) is 0. The molecule has 0 radical (unpaired) electrons. The van der Waals surface area contributed by atoms with Crippen molar-refractivity contribution in [2.75, 3.05) is 0 Å². The van der Waals surface area contributed by atoms with Gasteiger partial charge in [-0.25, -0.2) is 0 Å². The molecule has 0 unspecified atom stereocenters. The molecule has 0 aromatic heterocycles. The van der Waals surface area contributed by atoms with Crippen LogP contribution in [0.5, 0.6) is 11.5 Å². The van der Waals surface area contributed by atoms with Crippen molar-refractivity contribution in [1.29, 1.82) is 0 Å². The summed E-state index contributed by atoms with van der Waals surface area (Å²) in [4.78, 5) is 12.3. The van der Waals surface area contributed by atoms with Crippen molar-refractivity contribution in [3.05, 3.63) is 24.3 Å². The van der Waals surface area contributed by atoms with Gasteiger partial charge in [-0.1, -0.05) is 45.4 Å². The molecular weight excluding hydrogens is 407 g/mol. The second-order valence-corrected chi connectivity index (χ2v) is 7.93. The van der Waals surface area contributed by atoms with E-state index in [1.807, 2.05) is 0 Å². The van der Waals surface area contributed by atoms with Crippen LogP contribution in [0.15, 0.2) is 24.3 Å². The van der Waals surface area contributed by atoms with Gasteiger partial charge in [0.2, 0.25) is 0 Å². The van der Waals surface area contributed by atoms with Crippen molar-refractivity contribution < 1.29 is 36.2 Å². The highest BCUT2D eigenvalue weighted by molar-refractivity contribution is 5.75. The van der Waals surface area contributed by atoms with Gasteiger partial charge in [-0.2, -0.15) is 22.0 Å². The van der Waals surface area contributed by atoms with E-state index in [9.17, 15) is 26.7 Å². The van der Waals surface area contributed by atoms with Crippen LogP contribution in [-0.2, 0) is 4.79 Å². The fourth-order valence-electron chi connectivity index (χ4n) is 3.70. The summed E-state index contributed by atoms with van der Waals surface area (Å²) in [6.07, 6.45) is -0.211. The summed E-state index contributed by atoms with van der Waals surface area (Å²) in [5.41, 5.74) is 0. The van der Waals surface area contributed by atoms with E-state index >= 15 is 0 Å². The van der Waals surface area contributed by atoms with Gasteiger partial charge in [0.1, 0.15) is 11.5 Å². The van der Waals surface area contributed by atoms with Gasteiger partial charge in [-0.15, -0.1) is 0 Å². The van der Waals surface area contributed by atoms with Crippen molar-refractivity contribution in [2.24, 2.45) is 11.8 Å². The normalized spacial score (nSPS) is 20.1. The third-order valence-corrected chi connectivity index (χ3v) is 5.51. The van der Waals surface area contributed by atoms with E-state index in [4.69, 9.17) is 4.74 Å². The molecule has 0 heterocycles. The lowest BCUT2D eigenvalue weighted by molar-refractivity contribution is -0.360. The van der Waals surface area contributed by atoms with E-state index in [0.29, 0.717) is 5.92 Å². The number of benzene rings is 1. The van der Waals surface area contributed by atoms with Crippen LogP contribution in [0.4, 0.5) is 22.0 Å². The SMILES string of the molecule is CCCCCCCC1CCC(C(=O)Oc2ccc(OC(F)(F)C(F)(F)F)cc2)CC1. The number of rotatable bonds is 10. The summed E-state index contributed by atoms with van der Waals surface area (Å²) >= 11 is 0. The van der Waals surface area contributed by atoms with E-state index in [0.717, 1.165) is 49.9 Å². The average Bonchev–Trinajstić information content (AvgIpc) is 2.68. The van der Waals surface area contributed by atoms with Crippen LogP contribution in [0, 0.1) is 11.8 Å². The molecule has 1 saturated carbocycles. The van der Waals surface area contributed by atoms with Crippen LogP contribution in [0.2, 0.25) is 0 Å². The lowest BCUT2D eigenvalue weighted by Gasteiger charge is -2.27. The number of esters is 1. The van der Waals surface area contributed by atoms with Crippen molar-refractivity contribution in [3.63, 3.8) is 0 Å². The molecule has 0 saturated heterocycles. The molecule has 0 atom stereocenters. The smallest absolute Gasteiger partial charge is 0.426 e. The van der Waals surface area contributed by atoms with Crippen LogP contribution < -0.4 is 9.47 Å². The summed E-state index contributed by atoms with van der Waals surface area (Å²) in [6.45, 7) is 2.19. The molecule has 1 aliphatic rings. The quantitative estimate of drug-likeness (QED) is 0.167.